The first-order valence-electron chi connectivity index (χ1n) is 22.3. The highest BCUT2D eigenvalue weighted by atomic mass is 15.0. The van der Waals surface area contributed by atoms with Crippen LogP contribution in [0.2, 0.25) is 0 Å². The lowest BCUT2D eigenvalue weighted by Crippen LogP contribution is -2.42. The van der Waals surface area contributed by atoms with Crippen LogP contribution in [-0.4, -0.2) is 15.0 Å². The molecule has 1 aromatic heterocycles. The summed E-state index contributed by atoms with van der Waals surface area (Å²) in [7, 11) is 0. The molecular weight excluding hydrogens is 751 g/mol. The predicted octanol–water partition coefficient (Wildman–Crippen LogP) is 12.9. The quantitative estimate of drug-likeness (QED) is 0.161. The molecule has 3 heteroatoms. The van der Waals surface area contributed by atoms with Gasteiger partial charge in [-0.05, 0) is 122 Å². The lowest BCUT2D eigenvalue weighted by atomic mass is 9.63. The lowest BCUT2D eigenvalue weighted by Gasteiger charge is -2.40. The van der Waals surface area contributed by atoms with Crippen LogP contribution in [0.1, 0.15) is 60.4 Å². The molecule has 0 aliphatic heterocycles. The van der Waals surface area contributed by atoms with Crippen molar-refractivity contribution in [2.45, 2.75) is 45.4 Å². The number of hydrogen-bond donors (Lipinski definition) is 0. The summed E-state index contributed by atoms with van der Waals surface area (Å²) in [5.41, 5.74) is 14.7. The van der Waals surface area contributed by atoms with E-state index in [0.717, 1.165) is 64.6 Å². The summed E-state index contributed by atoms with van der Waals surface area (Å²) in [6.07, 6.45) is 28.5. The van der Waals surface area contributed by atoms with E-state index in [9.17, 15) is 0 Å². The van der Waals surface area contributed by atoms with Crippen LogP contribution in [-0.2, 0) is 12.8 Å². The Balaban J connectivity index is 1.01. The smallest absolute Gasteiger partial charge is 0.164 e. The SMILES string of the molecule is CC1C=Cc2c(c3c(c4c2=CCC(C)(C2C=CC=CC2c2cccc(-c5nc(-c6cccc(-c7ccccc7)c6)nc(-c6cccc(-c7ccccc7)c6)n5)c2)C=4)C=CCC3)C1. The first kappa shape index (κ1) is 38.0. The van der Waals surface area contributed by atoms with Crippen molar-refractivity contribution in [3.05, 3.63) is 208 Å². The number of nitrogens with zero attached hydrogens (tertiary/aromatic N) is 3. The highest BCUT2D eigenvalue weighted by molar-refractivity contribution is 5.76. The Morgan fingerprint density at radius 3 is 1.76 bits per heavy atom. The predicted molar refractivity (Wildman–Crippen MR) is 258 cm³/mol. The topological polar surface area (TPSA) is 38.7 Å². The normalized spacial score (nSPS) is 20.7. The van der Waals surface area contributed by atoms with Gasteiger partial charge in [-0.1, -0.05) is 190 Å². The molecule has 4 aliphatic rings. The molecule has 0 spiro atoms. The second-order valence-electron chi connectivity index (χ2n) is 17.8. The van der Waals surface area contributed by atoms with Gasteiger partial charge in [-0.25, -0.2) is 15.0 Å². The van der Waals surface area contributed by atoms with E-state index in [0.29, 0.717) is 23.4 Å². The highest BCUT2D eigenvalue weighted by Crippen LogP contribution is 2.47. The van der Waals surface area contributed by atoms with Crippen LogP contribution < -0.4 is 10.4 Å². The van der Waals surface area contributed by atoms with Crippen molar-refractivity contribution in [1.82, 2.24) is 15.0 Å². The van der Waals surface area contributed by atoms with Gasteiger partial charge in [-0.2, -0.15) is 0 Å². The van der Waals surface area contributed by atoms with Crippen LogP contribution in [0, 0.1) is 17.3 Å². The van der Waals surface area contributed by atoms with Crippen LogP contribution in [0.25, 0.3) is 80.7 Å². The summed E-state index contributed by atoms with van der Waals surface area (Å²) in [4.78, 5) is 15.7. The number of aromatic nitrogens is 3. The molecule has 0 saturated heterocycles. The summed E-state index contributed by atoms with van der Waals surface area (Å²) in [6.45, 7) is 4.83. The molecule has 4 atom stereocenters. The summed E-state index contributed by atoms with van der Waals surface area (Å²) >= 11 is 0. The number of allylic oxidation sites excluding steroid dienone is 6. The van der Waals surface area contributed by atoms with Crippen molar-refractivity contribution in [3.8, 4) is 56.4 Å². The molecule has 0 radical (unpaired) electrons. The Hall–Kier alpha value is -6.97. The number of rotatable bonds is 7. The molecule has 3 nitrogen and oxygen atoms in total. The minimum atomic E-state index is -0.0883. The van der Waals surface area contributed by atoms with Crippen LogP contribution in [0.15, 0.2) is 170 Å². The Morgan fingerprint density at radius 2 is 1.10 bits per heavy atom. The molecular formula is C59H49N3. The molecule has 1 heterocycles. The van der Waals surface area contributed by atoms with E-state index in [-0.39, 0.29) is 17.3 Å². The minimum absolute atomic E-state index is 0.0883. The summed E-state index contributed by atoms with van der Waals surface area (Å²) in [5, 5.41) is 2.86. The lowest BCUT2D eigenvalue weighted by molar-refractivity contribution is 0.315. The van der Waals surface area contributed by atoms with E-state index in [1.807, 2.05) is 0 Å². The van der Waals surface area contributed by atoms with E-state index in [1.54, 1.807) is 11.1 Å². The van der Waals surface area contributed by atoms with Crippen LogP contribution >= 0.6 is 0 Å². The monoisotopic (exact) mass is 799 g/mol. The van der Waals surface area contributed by atoms with Crippen LogP contribution in [0.4, 0.5) is 0 Å². The number of fused-ring (bicyclic) bond motifs is 6. The fourth-order valence-corrected chi connectivity index (χ4v) is 10.4. The molecule has 0 N–H and O–H groups in total. The molecule has 300 valence electrons. The first-order valence-corrected chi connectivity index (χ1v) is 22.3. The Morgan fingerprint density at radius 1 is 0.532 bits per heavy atom. The standard InChI is InChI=1S/C59H49N3/c1-39-30-31-51-52-32-33-59(2,38-54(52)50-28-10-9-27-49(50)53(51)34-39)55-29-12-11-26-48(55)44-22-15-25-47(37-44)58-61-56(45-23-13-20-42(35-45)40-16-5-3-6-17-40)60-57(62-58)46-24-14-21-43(36-46)41-18-7-4-8-19-41/h3-8,10-26,28-32,35-39,48,55H,9,27,33-34H2,1-2H3. The van der Waals surface area contributed by atoms with E-state index in [4.69, 9.17) is 15.0 Å². The molecule has 4 aliphatic carbocycles. The van der Waals surface area contributed by atoms with Gasteiger partial charge in [-0.3, -0.25) is 0 Å². The third-order valence-electron chi connectivity index (χ3n) is 13.6. The molecule has 62 heavy (non-hydrogen) atoms. The Bertz CT molecular complexity index is 3020. The summed E-state index contributed by atoms with van der Waals surface area (Å²) < 4.78 is 0. The molecule has 4 unspecified atom stereocenters. The number of hydrogen-bond acceptors (Lipinski definition) is 3. The maximum absolute atomic E-state index is 5.25. The van der Waals surface area contributed by atoms with Gasteiger partial charge in [0.05, 0.1) is 0 Å². The van der Waals surface area contributed by atoms with Gasteiger partial charge in [0, 0.05) is 22.6 Å². The fraction of sp³-hybridized carbons (Fsp3) is 0.169. The third kappa shape index (κ3) is 7.02. The maximum Gasteiger partial charge on any atom is 0.164 e. The second-order valence-corrected chi connectivity index (χ2v) is 17.8. The molecule has 11 rings (SSSR count). The average Bonchev–Trinajstić information content (AvgIpc) is 3.34. The number of benzene rings is 6. The van der Waals surface area contributed by atoms with Crippen molar-refractivity contribution in [2.24, 2.45) is 17.3 Å². The summed E-state index contributed by atoms with van der Waals surface area (Å²) in [6, 6.07) is 47.0. The van der Waals surface area contributed by atoms with Crippen LogP contribution in [0.3, 0.4) is 0 Å². The molecule has 0 amide bonds. The van der Waals surface area contributed by atoms with E-state index >= 15 is 0 Å². The van der Waals surface area contributed by atoms with E-state index in [2.05, 4.69) is 208 Å². The minimum Gasteiger partial charge on any atom is -0.208 e. The Kier molecular flexibility index (Phi) is 9.69. The van der Waals surface area contributed by atoms with Gasteiger partial charge in [0.25, 0.3) is 0 Å². The molecule has 0 fully saturated rings. The zero-order chi connectivity index (χ0) is 41.6. The van der Waals surface area contributed by atoms with Crippen molar-refractivity contribution in [2.75, 3.05) is 0 Å². The summed E-state index contributed by atoms with van der Waals surface area (Å²) in [5.74, 6) is 2.98. The van der Waals surface area contributed by atoms with Crippen LogP contribution in [0.5, 0.6) is 0 Å². The molecule has 0 bridgehead atoms. The van der Waals surface area contributed by atoms with Crippen molar-refractivity contribution >= 4 is 24.3 Å². The molecule has 0 saturated carbocycles. The molecule has 7 aromatic rings. The van der Waals surface area contributed by atoms with Crippen molar-refractivity contribution in [3.63, 3.8) is 0 Å². The first-order chi connectivity index (χ1) is 30.5. The largest absolute Gasteiger partial charge is 0.208 e. The highest BCUT2D eigenvalue weighted by Gasteiger charge is 2.38. The third-order valence-corrected chi connectivity index (χ3v) is 13.6. The Labute approximate surface area is 365 Å². The van der Waals surface area contributed by atoms with Gasteiger partial charge < -0.3 is 0 Å². The van der Waals surface area contributed by atoms with E-state index < -0.39 is 0 Å². The maximum atomic E-state index is 5.25. The second kappa shape index (κ2) is 15.8. The average molecular weight is 800 g/mol. The van der Waals surface area contributed by atoms with Gasteiger partial charge >= 0.3 is 0 Å². The zero-order valence-electron chi connectivity index (χ0n) is 35.4. The zero-order valence-corrected chi connectivity index (χ0v) is 35.4. The van der Waals surface area contributed by atoms with Gasteiger partial charge in [-0.15, -0.1) is 0 Å². The van der Waals surface area contributed by atoms with Gasteiger partial charge in [0.15, 0.2) is 17.5 Å². The van der Waals surface area contributed by atoms with Crippen molar-refractivity contribution in [1.29, 1.82) is 0 Å². The molecule has 6 aromatic carbocycles. The fourth-order valence-electron chi connectivity index (χ4n) is 10.4. The van der Waals surface area contributed by atoms with Crippen molar-refractivity contribution < 1.29 is 0 Å². The van der Waals surface area contributed by atoms with Gasteiger partial charge in [0.1, 0.15) is 0 Å². The van der Waals surface area contributed by atoms with E-state index in [1.165, 1.54) is 27.1 Å². The van der Waals surface area contributed by atoms with Gasteiger partial charge in [0.2, 0.25) is 0 Å².